The summed E-state index contributed by atoms with van der Waals surface area (Å²) in [5.74, 6) is -1.29. The normalized spacial score (nSPS) is 13.0. The van der Waals surface area contributed by atoms with E-state index >= 15 is 0 Å². The molecule has 0 fully saturated rings. The number of hydrogen-bond acceptors (Lipinski definition) is 3. The molecule has 6 heteroatoms. The summed E-state index contributed by atoms with van der Waals surface area (Å²) >= 11 is 11.8. The van der Waals surface area contributed by atoms with Crippen LogP contribution in [0, 0.1) is 0 Å². The quantitative estimate of drug-likeness (QED) is 0.713. The molecule has 0 spiro atoms. The third-order valence-corrected chi connectivity index (χ3v) is 4.12. The Morgan fingerprint density at radius 3 is 2.24 bits per heavy atom. The van der Waals surface area contributed by atoms with E-state index in [9.17, 15) is 9.59 Å². The Labute approximate surface area is 157 Å². The minimum absolute atomic E-state index is 0.405. The zero-order valence-corrected chi connectivity index (χ0v) is 15.5. The first-order valence-electron chi connectivity index (χ1n) is 7.93. The van der Waals surface area contributed by atoms with Crippen LogP contribution in [0.2, 0.25) is 10.0 Å². The summed E-state index contributed by atoms with van der Waals surface area (Å²) in [5.41, 5.74) is 1.31. The van der Waals surface area contributed by atoms with Crippen molar-refractivity contribution in [2.24, 2.45) is 0 Å². The van der Waals surface area contributed by atoms with Crippen LogP contribution in [0.25, 0.3) is 0 Å². The van der Waals surface area contributed by atoms with E-state index in [4.69, 9.17) is 27.9 Å². The molecule has 0 aromatic heterocycles. The minimum Gasteiger partial charge on any atom is -0.452 e. The van der Waals surface area contributed by atoms with E-state index in [-0.39, 0.29) is 0 Å². The molecular formula is C19H19Cl2NO3. The van der Waals surface area contributed by atoms with Gasteiger partial charge in [-0.1, -0.05) is 60.5 Å². The number of benzene rings is 2. The minimum atomic E-state index is -0.942. The van der Waals surface area contributed by atoms with Crippen molar-refractivity contribution in [3.63, 3.8) is 0 Å². The van der Waals surface area contributed by atoms with Crippen LogP contribution in [0.15, 0.2) is 48.5 Å². The summed E-state index contributed by atoms with van der Waals surface area (Å²) in [7, 11) is 0. The summed E-state index contributed by atoms with van der Waals surface area (Å²) in [5, 5.41) is 3.45. The third-order valence-electron chi connectivity index (χ3n) is 3.69. The highest BCUT2D eigenvalue weighted by molar-refractivity contribution is 6.35. The van der Waals surface area contributed by atoms with Crippen LogP contribution in [0.1, 0.15) is 31.7 Å². The number of halogens is 2. The number of esters is 1. The number of carbonyl (C=O) groups is 2. The molecule has 132 valence electrons. The van der Waals surface area contributed by atoms with Crippen molar-refractivity contribution in [3.8, 4) is 0 Å². The molecular weight excluding hydrogens is 361 g/mol. The second-order valence-electron chi connectivity index (χ2n) is 5.60. The Morgan fingerprint density at radius 2 is 1.68 bits per heavy atom. The molecule has 0 saturated heterocycles. The zero-order chi connectivity index (χ0) is 18.4. The topological polar surface area (TPSA) is 55.4 Å². The molecule has 2 atom stereocenters. The average Bonchev–Trinajstić information content (AvgIpc) is 2.55. The highest BCUT2D eigenvalue weighted by Crippen LogP contribution is 2.24. The van der Waals surface area contributed by atoms with E-state index in [0.29, 0.717) is 22.2 Å². The number of hydrogen-bond donors (Lipinski definition) is 1. The summed E-state index contributed by atoms with van der Waals surface area (Å²) in [6.45, 7) is 3.43. The van der Waals surface area contributed by atoms with Gasteiger partial charge < -0.3 is 10.1 Å². The lowest BCUT2D eigenvalue weighted by Crippen LogP contribution is -2.31. The van der Waals surface area contributed by atoms with Crippen LogP contribution >= 0.6 is 23.2 Å². The van der Waals surface area contributed by atoms with Gasteiger partial charge in [0, 0.05) is 15.7 Å². The van der Waals surface area contributed by atoms with Crippen molar-refractivity contribution < 1.29 is 14.3 Å². The van der Waals surface area contributed by atoms with E-state index in [1.165, 1.54) is 6.92 Å². The standard InChI is InChI=1S/C19H19Cl2NO3/c1-3-17(13-7-5-4-6-8-13)19(24)25-12(2)18(23)22-16-10-14(20)9-15(21)11-16/h4-12,17H,3H2,1-2H3,(H,22,23)/t12-,17-/m0/s1. The van der Waals surface area contributed by atoms with E-state index in [0.717, 1.165) is 5.56 Å². The summed E-state index contributed by atoms with van der Waals surface area (Å²) < 4.78 is 5.34. The monoisotopic (exact) mass is 379 g/mol. The van der Waals surface area contributed by atoms with Crippen molar-refractivity contribution in [1.29, 1.82) is 0 Å². The third kappa shape index (κ3) is 5.48. The van der Waals surface area contributed by atoms with Gasteiger partial charge in [0.05, 0.1) is 5.92 Å². The van der Waals surface area contributed by atoms with Crippen LogP contribution in [-0.2, 0) is 14.3 Å². The number of carbonyl (C=O) groups excluding carboxylic acids is 2. The van der Waals surface area contributed by atoms with E-state index < -0.39 is 23.9 Å². The zero-order valence-electron chi connectivity index (χ0n) is 14.0. The van der Waals surface area contributed by atoms with Gasteiger partial charge in [-0.3, -0.25) is 9.59 Å². The van der Waals surface area contributed by atoms with Crippen molar-refractivity contribution in [2.75, 3.05) is 5.32 Å². The first-order valence-corrected chi connectivity index (χ1v) is 8.68. The van der Waals surface area contributed by atoms with Crippen molar-refractivity contribution in [1.82, 2.24) is 0 Å². The van der Waals surface area contributed by atoms with Crippen molar-refractivity contribution in [2.45, 2.75) is 32.3 Å². The van der Waals surface area contributed by atoms with E-state index in [2.05, 4.69) is 5.32 Å². The number of nitrogens with one attached hydrogen (secondary N) is 1. The van der Waals surface area contributed by atoms with E-state index in [1.54, 1.807) is 18.2 Å². The second kappa shape index (κ2) is 8.88. The van der Waals surface area contributed by atoms with Gasteiger partial charge in [0.25, 0.3) is 5.91 Å². The van der Waals surface area contributed by atoms with Crippen LogP contribution in [-0.4, -0.2) is 18.0 Å². The number of anilines is 1. The molecule has 0 bridgehead atoms. The Bertz CT molecular complexity index is 729. The Hall–Kier alpha value is -2.04. The molecule has 25 heavy (non-hydrogen) atoms. The molecule has 0 unspecified atom stereocenters. The predicted molar refractivity (Wildman–Crippen MR) is 100 cm³/mol. The number of amides is 1. The van der Waals surface area contributed by atoms with Gasteiger partial charge in [-0.15, -0.1) is 0 Å². The van der Waals surface area contributed by atoms with Crippen LogP contribution in [0.3, 0.4) is 0 Å². The first-order chi connectivity index (χ1) is 11.9. The maximum Gasteiger partial charge on any atom is 0.314 e. The van der Waals surface area contributed by atoms with Crippen LogP contribution in [0.4, 0.5) is 5.69 Å². The average molecular weight is 380 g/mol. The van der Waals surface area contributed by atoms with Crippen LogP contribution < -0.4 is 5.32 Å². The highest BCUT2D eigenvalue weighted by atomic mass is 35.5. The Kier molecular flexibility index (Phi) is 6.85. The number of rotatable bonds is 6. The number of ether oxygens (including phenoxy) is 1. The lowest BCUT2D eigenvalue weighted by molar-refractivity contribution is -0.154. The van der Waals surface area contributed by atoms with Gasteiger partial charge in [0.15, 0.2) is 6.10 Å². The molecule has 1 amide bonds. The first kappa shape index (κ1) is 19.3. The van der Waals surface area contributed by atoms with Crippen molar-refractivity contribution in [3.05, 3.63) is 64.1 Å². The maximum absolute atomic E-state index is 12.4. The highest BCUT2D eigenvalue weighted by Gasteiger charge is 2.25. The molecule has 0 heterocycles. The lowest BCUT2D eigenvalue weighted by atomic mass is 9.97. The van der Waals surface area contributed by atoms with Gasteiger partial charge in [-0.2, -0.15) is 0 Å². The van der Waals surface area contributed by atoms with Gasteiger partial charge in [-0.05, 0) is 37.1 Å². The molecule has 0 aliphatic heterocycles. The molecule has 0 radical (unpaired) electrons. The lowest BCUT2D eigenvalue weighted by Gasteiger charge is -2.18. The van der Waals surface area contributed by atoms with Gasteiger partial charge in [0.2, 0.25) is 0 Å². The summed E-state index contributed by atoms with van der Waals surface area (Å²) in [4.78, 5) is 24.6. The maximum atomic E-state index is 12.4. The fourth-order valence-electron chi connectivity index (χ4n) is 2.40. The van der Waals surface area contributed by atoms with Crippen molar-refractivity contribution >= 4 is 40.8 Å². The fraction of sp³-hybridized carbons (Fsp3) is 0.263. The molecule has 4 nitrogen and oxygen atoms in total. The molecule has 0 saturated carbocycles. The predicted octanol–water partition coefficient (Wildman–Crippen LogP) is 5.06. The SMILES string of the molecule is CC[C@H](C(=O)O[C@@H](C)C(=O)Nc1cc(Cl)cc(Cl)c1)c1ccccc1. The van der Waals surface area contributed by atoms with Gasteiger partial charge >= 0.3 is 5.97 Å². The molecule has 2 aromatic carbocycles. The molecule has 0 aliphatic carbocycles. The Balaban J connectivity index is 2.01. The largest absolute Gasteiger partial charge is 0.452 e. The van der Waals surface area contributed by atoms with Gasteiger partial charge in [0.1, 0.15) is 0 Å². The van der Waals surface area contributed by atoms with Crippen LogP contribution in [0.5, 0.6) is 0 Å². The molecule has 2 aromatic rings. The fourth-order valence-corrected chi connectivity index (χ4v) is 2.93. The van der Waals surface area contributed by atoms with Gasteiger partial charge in [-0.25, -0.2) is 0 Å². The summed E-state index contributed by atoms with van der Waals surface area (Å²) in [6.07, 6.45) is -0.357. The molecule has 1 N–H and O–H groups in total. The van der Waals surface area contributed by atoms with E-state index in [1.807, 2.05) is 37.3 Å². The molecule has 0 aliphatic rings. The smallest absolute Gasteiger partial charge is 0.314 e. The second-order valence-corrected chi connectivity index (χ2v) is 6.47. The Morgan fingerprint density at radius 1 is 1.08 bits per heavy atom. The summed E-state index contributed by atoms with van der Waals surface area (Å²) in [6, 6.07) is 14.1. The molecule has 2 rings (SSSR count).